The van der Waals surface area contributed by atoms with Crippen molar-refractivity contribution in [2.45, 2.75) is 57.7 Å². The summed E-state index contributed by atoms with van der Waals surface area (Å²) in [6.45, 7) is 1.74. The van der Waals surface area contributed by atoms with E-state index in [1.807, 2.05) is 0 Å². The molecule has 1 fully saturated rings. The molecule has 1 unspecified atom stereocenters. The number of unbranched alkanes of at least 4 members (excludes halogenated alkanes) is 3. The minimum absolute atomic E-state index is 0.0876. The van der Waals surface area contributed by atoms with Gasteiger partial charge >= 0.3 is 0 Å². The molecule has 1 aliphatic rings. The normalized spacial score (nSPS) is 20.1. The molecule has 1 aromatic heterocycles. The van der Waals surface area contributed by atoms with Crippen molar-refractivity contribution in [2.75, 3.05) is 13.2 Å². The van der Waals surface area contributed by atoms with Gasteiger partial charge in [0.05, 0.1) is 0 Å². The molecule has 0 amide bonds. The first-order valence-electron chi connectivity index (χ1n) is 7.19. The molecule has 0 bridgehead atoms. The molecule has 3 heteroatoms. The predicted molar refractivity (Wildman–Crippen MR) is 76.0 cm³/mol. The van der Waals surface area contributed by atoms with Crippen molar-refractivity contribution in [2.24, 2.45) is 0 Å². The number of hydrogen-bond acceptors (Lipinski definition) is 3. The molecule has 2 nitrogen and oxygen atoms in total. The van der Waals surface area contributed by atoms with Crippen molar-refractivity contribution >= 4 is 11.3 Å². The maximum Gasteiger partial charge on any atom is 0.157 e. The largest absolute Gasteiger partial charge is 0.353 e. The van der Waals surface area contributed by atoms with Gasteiger partial charge in [0.15, 0.2) is 6.29 Å². The van der Waals surface area contributed by atoms with Crippen LogP contribution in [-0.2, 0) is 15.9 Å². The highest BCUT2D eigenvalue weighted by atomic mass is 32.1. The van der Waals surface area contributed by atoms with Crippen molar-refractivity contribution in [3.8, 4) is 0 Å². The van der Waals surface area contributed by atoms with Gasteiger partial charge in [-0.2, -0.15) is 11.3 Å². The van der Waals surface area contributed by atoms with Crippen LogP contribution in [0.3, 0.4) is 0 Å². The Balaban J connectivity index is 1.39. The molecule has 18 heavy (non-hydrogen) atoms. The lowest BCUT2D eigenvalue weighted by Crippen LogP contribution is -2.22. The summed E-state index contributed by atoms with van der Waals surface area (Å²) >= 11 is 1.79. The van der Waals surface area contributed by atoms with Crippen LogP contribution in [0, 0.1) is 0 Å². The van der Waals surface area contributed by atoms with Crippen molar-refractivity contribution < 1.29 is 9.47 Å². The first kappa shape index (κ1) is 14.0. The number of ether oxygens (including phenoxy) is 2. The van der Waals surface area contributed by atoms with Gasteiger partial charge in [-0.3, -0.25) is 0 Å². The summed E-state index contributed by atoms with van der Waals surface area (Å²) in [5.74, 6) is 0. The topological polar surface area (TPSA) is 18.5 Å². The number of thiophene rings is 1. The Morgan fingerprint density at radius 1 is 1.22 bits per heavy atom. The fraction of sp³-hybridized carbons (Fsp3) is 0.733. The third-order valence-electron chi connectivity index (χ3n) is 3.38. The van der Waals surface area contributed by atoms with E-state index in [1.165, 1.54) is 50.5 Å². The van der Waals surface area contributed by atoms with Crippen LogP contribution in [0.15, 0.2) is 16.8 Å². The molecule has 2 rings (SSSR count). The molecule has 2 heterocycles. The molecule has 0 aliphatic carbocycles. The van der Waals surface area contributed by atoms with Crippen LogP contribution in [0.4, 0.5) is 0 Å². The monoisotopic (exact) mass is 268 g/mol. The van der Waals surface area contributed by atoms with E-state index in [0.29, 0.717) is 0 Å². The highest BCUT2D eigenvalue weighted by Crippen LogP contribution is 2.15. The van der Waals surface area contributed by atoms with Gasteiger partial charge in [0.2, 0.25) is 0 Å². The van der Waals surface area contributed by atoms with Crippen molar-refractivity contribution in [1.82, 2.24) is 0 Å². The van der Waals surface area contributed by atoms with Gasteiger partial charge in [0.25, 0.3) is 0 Å². The van der Waals surface area contributed by atoms with Crippen molar-refractivity contribution in [3.63, 3.8) is 0 Å². The lowest BCUT2D eigenvalue weighted by molar-refractivity contribution is -0.162. The van der Waals surface area contributed by atoms with Crippen molar-refractivity contribution in [1.29, 1.82) is 0 Å². The summed E-state index contributed by atoms with van der Waals surface area (Å²) in [6, 6.07) is 2.23. The van der Waals surface area contributed by atoms with Crippen molar-refractivity contribution in [3.05, 3.63) is 22.4 Å². The third-order valence-corrected chi connectivity index (χ3v) is 4.11. The second-order valence-electron chi connectivity index (χ2n) is 4.96. The summed E-state index contributed by atoms with van der Waals surface area (Å²) in [4.78, 5) is 0. The van der Waals surface area contributed by atoms with Crippen LogP contribution in [0.1, 0.15) is 50.5 Å². The average molecular weight is 268 g/mol. The molecule has 0 N–H and O–H groups in total. The maximum atomic E-state index is 5.71. The maximum absolute atomic E-state index is 5.71. The zero-order valence-electron chi connectivity index (χ0n) is 11.1. The Hall–Kier alpha value is -0.380. The second kappa shape index (κ2) is 8.68. The fourth-order valence-corrected chi connectivity index (χ4v) is 2.98. The van der Waals surface area contributed by atoms with Crippen LogP contribution in [0.25, 0.3) is 0 Å². The highest BCUT2D eigenvalue weighted by Gasteiger charge is 2.13. The standard InChI is InChI=1S/C15H24O2S/c1(3-7-14-9-12-18-13-14)2-5-10-16-15-8-4-6-11-17-15/h9,12-13,15H,1-8,10-11H2. The lowest BCUT2D eigenvalue weighted by Gasteiger charge is -2.22. The van der Waals surface area contributed by atoms with Crippen LogP contribution >= 0.6 is 11.3 Å². The minimum Gasteiger partial charge on any atom is -0.353 e. The summed E-state index contributed by atoms with van der Waals surface area (Å²) in [6.07, 6.45) is 9.91. The first-order chi connectivity index (χ1) is 8.95. The molecule has 1 atom stereocenters. The summed E-state index contributed by atoms with van der Waals surface area (Å²) in [5.41, 5.74) is 1.49. The zero-order chi connectivity index (χ0) is 12.5. The van der Waals surface area contributed by atoms with Gasteiger partial charge < -0.3 is 9.47 Å². The van der Waals surface area contributed by atoms with Gasteiger partial charge in [0, 0.05) is 13.2 Å². The van der Waals surface area contributed by atoms with Gasteiger partial charge in [-0.25, -0.2) is 0 Å². The SMILES string of the molecule is c1cc(CCCCCCOC2CCCCO2)cs1. The smallest absolute Gasteiger partial charge is 0.157 e. The number of rotatable bonds is 8. The molecular weight excluding hydrogens is 244 g/mol. The Bertz CT molecular complexity index is 291. The molecule has 0 aromatic carbocycles. The average Bonchev–Trinajstić information content (AvgIpc) is 2.92. The van der Waals surface area contributed by atoms with E-state index in [9.17, 15) is 0 Å². The summed E-state index contributed by atoms with van der Waals surface area (Å²) in [7, 11) is 0. The number of aryl methyl sites for hydroxylation is 1. The minimum atomic E-state index is 0.0876. The summed E-state index contributed by atoms with van der Waals surface area (Å²) in [5, 5.41) is 4.41. The molecule has 1 aromatic rings. The zero-order valence-corrected chi connectivity index (χ0v) is 11.9. The van der Waals surface area contributed by atoms with Gasteiger partial charge in [-0.15, -0.1) is 0 Å². The van der Waals surface area contributed by atoms with E-state index in [2.05, 4.69) is 16.8 Å². The Kier molecular flexibility index (Phi) is 6.77. The second-order valence-corrected chi connectivity index (χ2v) is 5.74. The van der Waals surface area contributed by atoms with E-state index in [0.717, 1.165) is 19.6 Å². The van der Waals surface area contributed by atoms with E-state index < -0.39 is 0 Å². The summed E-state index contributed by atoms with van der Waals surface area (Å²) < 4.78 is 11.2. The van der Waals surface area contributed by atoms with E-state index in [-0.39, 0.29) is 6.29 Å². The van der Waals surface area contributed by atoms with E-state index in [1.54, 1.807) is 11.3 Å². The lowest BCUT2D eigenvalue weighted by atomic mass is 10.1. The van der Waals surface area contributed by atoms with Crippen LogP contribution in [-0.4, -0.2) is 19.5 Å². The first-order valence-corrected chi connectivity index (χ1v) is 8.14. The predicted octanol–water partition coefficient (Wildman–Crippen LogP) is 4.39. The third kappa shape index (κ3) is 5.51. The van der Waals surface area contributed by atoms with Crippen LogP contribution in [0.5, 0.6) is 0 Å². The van der Waals surface area contributed by atoms with Gasteiger partial charge in [-0.1, -0.05) is 12.8 Å². The molecule has 0 saturated carbocycles. The Labute approximate surface area is 114 Å². The quantitative estimate of drug-likeness (QED) is 0.651. The Morgan fingerprint density at radius 3 is 2.94 bits per heavy atom. The molecule has 0 spiro atoms. The van der Waals surface area contributed by atoms with Gasteiger partial charge in [0.1, 0.15) is 0 Å². The van der Waals surface area contributed by atoms with E-state index in [4.69, 9.17) is 9.47 Å². The molecular formula is C15H24O2S. The highest BCUT2D eigenvalue weighted by molar-refractivity contribution is 7.07. The fourth-order valence-electron chi connectivity index (χ4n) is 2.28. The molecule has 0 radical (unpaired) electrons. The Morgan fingerprint density at radius 2 is 2.17 bits per heavy atom. The number of hydrogen-bond donors (Lipinski definition) is 0. The van der Waals surface area contributed by atoms with E-state index >= 15 is 0 Å². The van der Waals surface area contributed by atoms with Gasteiger partial charge in [-0.05, 0) is 60.9 Å². The molecule has 102 valence electrons. The molecule has 1 aliphatic heterocycles. The van der Waals surface area contributed by atoms with Crippen LogP contribution < -0.4 is 0 Å². The van der Waals surface area contributed by atoms with Crippen LogP contribution in [0.2, 0.25) is 0 Å². The molecule has 1 saturated heterocycles.